The summed E-state index contributed by atoms with van der Waals surface area (Å²) < 4.78 is 5.54. The van der Waals surface area contributed by atoms with E-state index >= 15 is 0 Å². The third kappa shape index (κ3) is 3.96. The summed E-state index contributed by atoms with van der Waals surface area (Å²) >= 11 is 0. The molecular weight excluding hydrogens is 216 g/mol. The Morgan fingerprint density at radius 2 is 2.12 bits per heavy atom. The predicted octanol–water partition coefficient (Wildman–Crippen LogP) is 1.24. The summed E-state index contributed by atoms with van der Waals surface area (Å²) in [5.41, 5.74) is 5.73. The molecular formula is C13H26N2O2. The lowest BCUT2D eigenvalue weighted by Gasteiger charge is -2.38. The number of amides is 1. The van der Waals surface area contributed by atoms with Crippen LogP contribution in [0.1, 0.15) is 34.1 Å². The van der Waals surface area contributed by atoms with Gasteiger partial charge in [0.05, 0.1) is 24.7 Å². The maximum absolute atomic E-state index is 12.4. The van der Waals surface area contributed by atoms with Gasteiger partial charge >= 0.3 is 0 Å². The number of nitrogens with two attached hydrogens (primary N) is 1. The van der Waals surface area contributed by atoms with E-state index in [4.69, 9.17) is 10.5 Å². The molecule has 0 saturated carbocycles. The molecule has 3 unspecified atom stereocenters. The van der Waals surface area contributed by atoms with Gasteiger partial charge in [-0.15, -0.1) is 0 Å². The van der Waals surface area contributed by atoms with Crippen molar-refractivity contribution in [2.24, 2.45) is 17.6 Å². The highest BCUT2D eigenvalue weighted by atomic mass is 16.5. The van der Waals surface area contributed by atoms with Gasteiger partial charge in [-0.3, -0.25) is 4.79 Å². The van der Waals surface area contributed by atoms with Crippen LogP contribution in [0.5, 0.6) is 0 Å². The molecule has 1 heterocycles. The van der Waals surface area contributed by atoms with E-state index in [9.17, 15) is 4.79 Å². The van der Waals surface area contributed by atoms with E-state index in [0.717, 1.165) is 6.42 Å². The van der Waals surface area contributed by atoms with Crippen LogP contribution in [0, 0.1) is 11.8 Å². The first-order valence-electron chi connectivity index (χ1n) is 6.57. The molecule has 4 heteroatoms. The molecule has 1 amide bonds. The van der Waals surface area contributed by atoms with Gasteiger partial charge in [0.25, 0.3) is 0 Å². The van der Waals surface area contributed by atoms with Gasteiger partial charge in [-0.1, -0.05) is 13.8 Å². The van der Waals surface area contributed by atoms with Gasteiger partial charge in [-0.05, 0) is 26.2 Å². The molecule has 4 nitrogen and oxygen atoms in total. The van der Waals surface area contributed by atoms with E-state index in [2.05, 4.69) is 13.8 Å². The molecule has 1 saturated heterocycles. The monoisotopic (exact) mass is 242 g/mol. The molecule has 0 aromatic heterocycles. The minimum absolute atomic E-state index is 0.0391. The van der Waals surface area contributed by atoms with Crippen LogP contribution >= 0.6 is 0 Å². The molecule has 3 atom stereocenters. The van der Waals surface area contributed by atoms with Gasteiger partial charge in [0.2, 0.25) is 5.91 Å². The van der Waals surface area contributed by atoms with E-state index in [1.807, 2.05) is 18.7 Å². The lowest BCUT2D eigenvalue weighted by molar-refractivity contribution is -0.147. The summed E-state index contributed by atoms with van der Waals surface area (Å²) in [6, 6.07) is 0.167. The first-order chi connectivity index (χ1) is 7.95. The zero-order valence-electron chi connectivity index (χ0n) is 11.5. The molecule has 1 aliphatic rings. The molecule has 0 bridgehead atoms. The number of rotatable bonds is 4. The van der Waals surface area contributed by atoms with E-state index < -0.39 is 0 Å². The number of ether oxygens (including phenoxy) is 1. The third-order valence-corrected chi connectivity index (χ3v) is 3.28. The van der Waals surface area contributed by atoms with Gasteiger partial charge in [-0.25, -0.2) is 0 Å². The van der Waals surface area contributed by atoms with Gasteiger partial charge in [0.1, 0.15) is 0 Å². The molecule has 1 fully saturated rings. The van der Waals surface area contributed by atoms with Crippen LogP contribution in [-0.4, -0.2) is 42.6 Å². The summed E-state index contributed by atoms with van der Waals surface area (Å²) in [4.78, 5) is 14.3. The number of nitrogens with zero attached hydrogens (tertiary/aromatic N) is 1. The maximum Gasteiger partial charge on any atom is 0.227 e. The number of carbonyl (C=O) groups is 1. The van der Waals surface area contributed by atoms with Gasteiger partial charge < -0.3 is 15.4 Å². The third-order valence-electron chi connectivity index (χ3n) is 3.28. The van der Waals surface area contributed by atoms with Crippen molar-refractivity contribution in [2.75, 3.05) is 19.7 Å². The first-order valence-corrected chi connectivity index (χ1v) is 6.57. The molecule has 0 aromatic carbocycles. The number of carbonyl (C=O) groups excluding carboxylic acids is 1. The van der Waals surface area contributed by atoms with Crippen LogP contribution in [0.2, 0.25) is 0 Å². The lowest BCUT2D eigenvalue weighted by Crippen LogP contribution is -2.53. The van der Waals surface area contributed by atoms with Gasteiger partial charge in [-0.2, -0.15) is 0 Å². The molecule has 0 radical (unpaired) electrons. The van der Waals surface area contributed by atoms with Crippen molar-refractivity contribution in [3.05, 3.63) is 0 Å². The summed E-state index contributed by atoms with van der Waals surface area (Å²) in [5.74, 6) is 0.660. The van der Waals surface area contributed by atoms with Crippen molar-refractivity contribution in [3.8, 4) is 0 Å². The topological polar surface area (TPSA) is 55.6 Å². The fraction of sp³-hybridized carbons (Fsp3) is 0.923. The molecule has 0 aliphatic carbocycles. The van der Waals surface area contributed by atoms with Crippen molar-refractivity contribution in [1.29, 1.82) is 0 Å². The summed E-state index contributed by atoms with van der Waals surface area (Å²) in [6.07, 6.45) is 1.00. The van der Waals surface area contributed by atoms with Crippen molar-refractivity contribution >= 4 is 5.91 Å². The number of hydrogen-bond acceptors (Lipinski definition) is 3. The second-order valence-electron chi connectivity index (χ2n) is 5.55. The van der Waals surface area contributed by atoms with Crippen LogP contribution in [-0.2, 0) is 9.53 Å². The van der Waals surface area contributed by atoms with Crippen molar-refractivity contribution in [3.63, 3.8) is 0 Å². The van der Waals surface area contributed by atoms with Crippen molar-refractivity contribution in [1.82, 2.24) is 4.90 Å². The second-order valence-corrected chi connectivity index (χ2v) is 5.55. The normalized spacial score (nSPS) is 27.3. The zero-order valence-corrected chi connectivity index (χ0v) is 11.5. The minimum atomic E-state index is -0.0391. The predicted molar refractivity (Wildman–Crippen MR) is 68.6 cm³/mol. The molecule has 2 N–H and O–H groups in total. The largest absolute Gasteiger partial charge is 0.375 e. The Morgan fingerprint density at radius 1 is 1.47 bits per heavy atom. The van der Waals surface area contributed by atoms with Crippen LogP contribution in [0.3, 0.4) is 0 Å². The number of morpholine rings is 1. The quantitative estimate of drug-likeness (QED) is 0.807. The summed E-state index contributed by atoms with van der Waals surface area (Å²) in [5, 5.41) is 0. The average Bonchev–Trinajstić information content (AvgIpc) is 2.28. The highest BCUT2D eigenvalue weighted by molar-refractivity contribution is 5.79. The fourth-order valence-electron chi connectivity index (χ4n) is 2.31. The van der Waals surface area contributed by atoms with Crippen LogP contribution in [0.25, 0.3) is 0 Å². The highest BCUT2D eigenvalue weighted by Gasteiger charge is 2.31. The van der Waals surface area contributed by atoms with Crippen LogP contribution in [0.15, 0.2) is 0 Å². The van der Waals surface area contributed by atoms with E-state index in [0.29, 0.717) is 25.6 Å². The lowest BCUT2D eigenvalue weighted by atomic mass is 9.95. The Hall–Kier alpha value is -0.610. The van der Waals surface area contributed by atoms with E-state index in [1.54, 1.807) is 0 Å². The Balaban J connectivity index is 2.65. The molecule has 17 heavy (non-hydrogen) atoms. The van der Waals surface area contributed by atoms with E-state index in [-0.39, 0.29) is 24.0 Å². The van der Waals surface area contributed by atoms with Crippen molar-refractivity contribution in [2.45, 2.75) is 46.3 Å². The molecule has 0 spiro atoms. The second kappa shape index (κ2) is 6.36. The maximum atomic E-state index is 12.4. The standard InChI is InChI=1S/C13H26N2O2/c1-9(2)5-12(6-14)13(16)15-7-11(4)17-8-10(15)3/h9-12H,5-8,14H2,1-4H3. The average molecular weight is 242 g/mol. The highest BCUT2D eigenvalue weighted by Crippen LogP contribution is 2.18. The molecule has 1 rings (SSSR count). The summed E-state index contributed by atoms with van der Waals surface area (Å²) in [6.45, 7) is 10.1. The number of hydrogen-bond donors (Lipinski definition) is 1. The van der Waals surface area contributed by atoms with Crippen molar-refractivity contribution < 1.29 is 9.53 Å². The smallest absolute Gasteiger partial charge is 0.227 e. The molecule has 0 aromatic rings. The Morgan fingerprint density at radius 3 is 2.65 bits per heavy atom. The van der Waals surface area contributed by atoms with Crippen LogP contribution in [0.4, 0.5) is 0 Å². The van der Waals surface area contributed by atoms with E-state index in [1.165, 1.54) is 0 Å². The SMILES string of the molecule is CC(C)CC(CN)C(=O)N1CC(C)OCC1C. The molecule has 1 aliphatic heterocycles. The first kappa shape index (κ1) is 14.5. The fourth-order valence-corrected chi connectivity index (χ4v) is 2.31. The zero-order chi connectivity index (χ0) is 13.0. The Labute approximate surface area is 104 Å². The van der Waals surface area contributed by atoms with Gasteiger partial charge in [0.15, 0.2) is 0 Å². The Kier molecular flexibility index (Phi) is 5.40. The minimum Gasteiger partial charge on any atom is -0.375 e. The molecule has 100 valence electrons. The summed E-state index contributed by atoms with van der Waals surface area (Å²) in [7, 11) is 0. The van der Waals surface area contributed by atoms with Crippen LogP contribution < -0.4 is 5.73 Å². The Bertz CT molecular complexity index is 256. The van der Waals surface area contributed by atoms with Gasteiger partial charge in [0, 0.05) is 13.1 Å².